The van der Waals surface area contributed by atoms with E-state index in [1.807, 2.05) is 6.92 Å². The molecule has 0 spiro atoms. The zero-order valence-electron chi connectivity index (χ0n) is 8.14. The molecule has 0 fully saturated rings. The van der Waals surface area contributed by atoms with E-state index in [0.717, 1.165) is 0 Å². The first kappa shape index (κ1) is 9.38. The number of hydrogen-bond donors (Lipinski definition) is 2. The number of nitrogen functional groups attached to an aromatic ring is 2. The Hall–Kier alpha value is -2.18. The number of hydrogen-bond acceptors (Lipinski definition) is 7. The maximum atomic E-state index is 5.65. The fraction of sp³-hybridized carbons (Fsp3) is 0.250. The summed E-state index contributed by atoms with van der Waals surface area (Å²) in [5.74, 6) is 1.33. The quantitative estimate of drug-likeness (QED) is 0.723. The maximum absolute atomic E-state index is 5.65. The molecule has 7 nitrogen and oxygen atoms in total. The third-order valence-corrected chi connectivity index (χ3v) is 1.90. The Kier molecular flexibility index (Phi) is 2.20. The highest BCUT2D eigenvalue weighted by molar-refractivity contribution is 5.77. The molecule has 0 aromatic carbocycles. The van der Waals surface area contributed by atoms with Crippen molar-refractivity contribution < 1.29 is 4.52 Å². The molecule has 4 N–H and O–H groups in total. The van der Waals surface area contributed by atoms with Crippen molar-refractivity contribution in [3.8, 4) is 11.4 Å². The summed E-state index contributed by atoms with van der Waals surface area (Å²) < 4.78 is 4.95. The second-order valence-corrected chi connectivity index (χ2v) is 2.88. The molecule has 0 aliphatic carbocycles. The molecule has 0 amide bonds. The van der Waals surface area contributed by atoms with Crippen LogP contribution in [0.3, 0.4) is 0 Å². The van der Waals surface area contributed by atoms with Crippen LogP contribution in [0.1, 0.15) is 12.8 Å². The summed E-state index contributed by atoms with van der Waals surface area (Å²) in [5.41, 5.74) is 11.7. The van der Waals surface area contributed by atoms with Crippen molar-refractivity contribution in [2.45, 2.75) is 13.3 Å². The summed E-state index contributed by atoms with van der Waals surface area (Å²) in [6, 6.07) is 0. The lowest BCUT2D eigenvalue weighted by molar-refractivity contribution is 0.383. The second-order valence-electron chi connectivity index (χ2n) is 2.88. The van der Waals surface area contributed by atoms with Crippen LogP contribution in [0.15, 0.2) is 10.9 Å². The molecule has 0 bridgehead atoms. The Morgan fingerprint density at radius 1 is 1.27 bits per heavy atom. The van der Waals surface area contributed by atoms with Crippen LogP contribution in [-0.2, 0) is 6.42 Å². The molecule has 0 saturated carbocycles. The zero-order chi connectivity index (χ0) is 10.8. The predicted molar refractivity (Wildman–Crippen MR) is 53.5 cm³/mol. The lowest BCUT2D eigenvalue weighted by Crippen LogP contribution is -2.02. The van der Waals surface area contributed by atoms with Gasteiger partial charge in [0, 0.05) is 6.42 Å². The van der Waals surface area contributed by atoms with E-state index in [2.05, 4.69) is 20.1 Å². The summed E-state index contributed by atoms with van der Waals surface area (Å²) in [6.07, 6.45) is 1.94. The van der Waals surface area contributed by atoms with Gasteiger partial charge in [0.05, 0.1) is 0 Å². The number of nitrogens with zero attached hydrogens (tertiary/aromatic N) is 4. The largest absolute Gasteiger partial charge is 0.383 e. The van der Waals surface area contributed by atoms with Crippen molar-refractivity contribution >= 4 is 11.6 Å². The highest BCUT2D eigenvalue weighted by atomic mass is 16.5. The van der Waals surface area contributed by atoms with E-state index in [4.69, 9.17) is 16.0 Å². The van der Waals surface area contributed by atoms with Gasteiger partial charge in [-0.2, -0.15) is 4.98 Å². The standard InChI is InChI=1S/C8H10N6O/c1-2-4-13-8(14-15-4)5-6(9)11-3-12-7(5)10/h3H,2H2,1H3,(H4,9,10,11,12). The Morgan fingerprint density at radius 2 is 1.93 bits per heavy atom. The van der Waals surface area contributed by atoms with Gasteiger partial charge in [0.2, 0.25) is 11.7 Å². The van der Waals surface area contributed by atoms with Crippen LogP contribution in [0.2, 0.25) is 0 Å². The van der Waals surface area contributed by atoms with Gasteiger partial charge in [-0.1, -0.05) is 12.1 Å². The van der Waals surface area contributed by atoms with E-state index in [-0.39, 0.29) is 11.6 Å². The molecule has 2 heterocycles. The Morgan fingerprint density at radius 3 is 2.47 bits per heavy atom. The average molecular weight is 206 g/mol. The predicted octanol–water partition coefficient (Wildman–Crippen LogP) is 0.253. The SMILES string of the molecule is CCc1nc(-c2c(N)ncnc2N)no1. The molecule has 0 atom stereocenters. The molecule has 7 heteroatoms. The average Bonchev–Trinajstić information content (AvgIpc) is 2.66. The Labute approximate surface area is 85.5 Å². The van der Waals surface area contributed by atoms with E-state index in [1.54, 1.807) is 0 Å². The molecule has 2 aromatic rings. The minimum atomic E-state index is 0.242. The monoisotopic (exact) mass is 206 g/mol. The Balaban J connectivity index is 2.53. The fourth-order valence-electron chi connectivity index (χ4n) is 1.14. The Bertz CT molecular complexity index is 459. The van der Waals surface area contributed by atoms with Crippen molar-refractivity contribution in [1.29, 1.82) is 0 Å². The van der Waals surface area contributed by atoms with Gasteiger partial charge in [-0.15, -0.1) is 0 Å². The summed E-state index contributed by atoms with van der Waals surface area (Å²) in [6.45, 7) is 1.91. The molecule has 0 saturated heterocycles. The van der Waals surface area contributed by atoms with Crippen molar-refractivity contribution in [2.24, 2.45) is 0 Å². The number of nitrogens with two attached hydrogens (primary N) is 2. The molecular weight excluding hydrogens is 196 g/mol. The minimum Gasteiger partial charge on any atom is -0.383 e. The first-order valence-corrected chi connectivity index (χ1v) is 4.41. The number of anilines is 2. The smallest absolute Gasteiger partial charge is 0.226 e. The topological polar surface area (TPSA) is 117 Å². The van der Waals surface area contributed by atoms with Crippen LogP contribution in [0.25, 0.3) is 11.4 Å². The van der Waals surface area contributed by atoms with E-state index in [1.165, 1.54) is 6.33 Å². The fourth-order valence-corrected chi connectivity index (χ4v) is 1.14. The van der Waals surface area contributed by atoms with Gasteiger partial charge in [0.15, 0.2) is 0 Å². The van der Waals surface area contributed by atoms with Gasteiger partial charge in [0.1, 0.15) is 23.5 Å². The van der Waals surface area contributed by atoms with Crippen LogP contribution in [0.4, 0.5) is 11.6 Å². The normalized spacial score (nSPS) is 10.5. The second kappa shape index (κ2) is 3.52. The van der Waals surface area contributed by atoms with Crippen LogP contribution in [0.5, 0.6) is 0 Å². The molecule has 2 aromatic heterocycles. The van der Waals surface area contributed by atoms with Crippen LogP contribution in [-0.4, -0.2) is 20.1 Å². The summed E-state index contributed by atoms with van der Waals surface area (Å²) in [4.78, 5) is 11.7. The van der Waals surface area contributed by atoms with E-state index in [9.17, 15) is 0 Å². The molecular formula is C8H10N6O. The van der Waals surface area contributed by atoms with Crippen LogP contribution >= 0.6 is 0 Å². The van der Waals surface area contributed by atoms with Crippen molar-refractivity contribution in [2.75, 3.05) is 11.5 Å². The van der Waals surface area contributed by atoms with Gasteiger partial charge < -0.3 is 16.0 Å². The number of rotatable bonds is 2. The van der Waals surface area contributed by atoms with Gasteiger partial charge in [-0.25, -0.2) is 9.97 Å². The first-order chi connectivity index (χ1) is 7.22. The lowest BCUT2D eigenvalue weighted by atomic mass is 10.2. The highest BCUT2D eigenvalue weighted by Crippen LogP contribution is 2.25. The summed E-state index contributed by atoms with van der Waals surface area (Å²) in [5, 5.41) is 3.75. The molecule has 15 heavy (non-hydrogen) atoms. The zero-order valence-corrected chi connectivity index (χ0v) is 8.14. The first-order valence-electron chi connectivity index (χ1n) is 4.41. The summed E-state index contributed by atoms with van der Waals surface area (Å²) in [7, 11) is 0. The van der Waals surface area contributed by atoms with E-state index < -0.39 is 0 Å². The molecule has 78 valence electrons. The molecule has 0 aliphatic heterocycles. The molecule has 0 unspecified atom stereocenters. The van der Waals surface area contributed by atoms with E-state index in [0.29, 0.717) is 23.7 Å². The van der Waals surface area contributed by atoms with E-state index >= 15 is 0 Å². The van der Waals surface area contributed by atoms with Crippen molar-refractivity contribution in [3.05, 3.63) is 12.2 Å². The van der Waals surface area contributed by atoms with Crippen molar-refractivity contribution in [1.82, 2.24) is 20.1 Å². The molecule has 0 radical (unpaired) electrons. The molecule has 0 aliphatic rings. The number of aryl methyl sites for hydroxylation is 1. The summed E-state index contributed by atoms with van der Waals surface area (Å²) >= 11 is 0. The van der Waals surface area contributed by atoms with Crippen LogP contribution < -0.4 is 11.5 Å². The maximum Gasteiger partial charge on any atom is 0.226 e. The minimum absolute atomic E-state index is 0.242. The van der Waals surface area contributed by atoms with Gasteiger partial charge >= 0.3 is 0 Å². The third-order valence-electron chi connectivity index (χ3n) is 1.90. The van der Waals surface area contributed by atoms with Crippen molar-refractivity contribution in [3.63, 3.8) is 0 Å². The number of aromatic nitrogens is 4. The van der Waals surface area contributed by atoms with Gasteiger partial charge in [-0.3, -0.25) is 0 Å². The third kappa shape index (κ3) is 1.58. The molecule has 2 rings (SSSR count). The lowest BCUT2D eigenvalue weighted by Gasteiger charge is -2.01. The van der Waals surface area contributed by atoms with Crippen LogP contribution in [0, 0.1) is 0 Å². The van der Waals surface area contributed by atoms with Gasteiger partial charge in [0.25, 0.3) is 0 Å². The highest BCUT2D eigenvalue weighted by Gasteiger charge is 2.15. The van der Waals surface area contributed by atoms with Gasteiger partial charge in [-0.05, 0) is 0 Å².